The zero-order valence-corrected chi connectivity index (χ0v) is 21.4. The molecule has 2 aromatic carbocycles. The third-order valence-electron chi connectivity index (χ3n) is 6.01. The van der Waals surface area contributed by atoms with Gasteiger partial charge in [-0.15, -0.1) is 11.8 Å². The Labute approximate surface area is 211 Å². The molecule has 1 saturated carbocycles. The molecule has 2 aromatic rings. The van der Waals surface area contributed by atoms with Crippen LogP contribution in [-0.2, 0) is 21.9 Å². The van der Waals surface area contributed by atoms with Gasteiger partial charge in [0.15, 0.2) is 0 Å². The fourth-order valence-electron chi connectivity index (χ4n) is 4.17. The molecule has 0 bridgehead atoms. The van der Waals surface area contributed by atoms with Crippen molar-refractivity contribution in [1.82, 2.24) is 10.2 Å². The van der Waals surface area contributed by atoms with Crippen LogP contribution < -0.4 is 5.32 Å². The summed E-state index contributed by atoms with van der Waals surface area (Å²) in [6.45, 7) is 2.35. The number of thioether (sulfide) groups is 1. The largest absolute Gasteiger partial charge is 0.352 e. The first-order chi connectivity index (χ1) is 16.0. The van der Waals surface area contributed by atoms with Crippen LogP contribution in [-0.4, -0.2) is 34.6 Å². The molecule has 0 aromatic heterocycles. The van der Waals surface area contributed by atoms with Crippen LogP contribution >= 0.6 is 35.0 Å². The first-order valence-electron chi connectivity index (χ1n) is 11.6. The average molecular weight is 508 g/mol. The lowest BCUT2D eigenvalue weighted by atomic mass is 9.95. The van der Waals surface area contributed by atoms with E-state index in [4.69, 9.17) is 23.2 Å². The number of hydrogen-bond acceptors (Lipinski definition) is 3. The van der Waals surface area contributed by atoms with Gasteiger partial charge in [0.25, 0.3) is 0 Å². The molecule has 0 spiro atoms. The van der Waals surface area contributed by atoms with Crippen LogP contribution in [0.25, 0.3) is 0 Å². The van der Waals surface area contributed by atoms with E-state index in [2.05, 4.69) is 5.32 Å². The van der Waals surface area contributed by atoms with Gasteiger partial charge in [-0.25, -0.2) is 0 Å². The molecule has 1 aliphatic rings. The smallest absolute Gasteiger partial charge is 0.243 e. The second kappa shape index (κ2) is 13.3. The fraction of sp³-hybridized carbons (Fsp3) is 0.462. The number of rotatable bonds is 10. The van der Waals surface area contributed by atoms with Crippen molar-refractivity contribution in [2.45, 2.75) is 69.8 Å². The molecule has 1 aliphatic carbocycles. The lowest BCUT2D eigenvalue weighted by molar-refractivity contribution is -0.139. The molecule has 4 nitrogen and oxygen atoms in total. The molecule has 0 aliphatic heterocycles. The number of benzene rings is 2. The topological polar surface area (TPSA) is 49.4 Å². The number of nitrogens with zero attached hydrogens (tertiary/aromatic N) is 1. The number of carbonyl (C=O) groups is 2. The van der Waals surface area contributed by atoms with E-state index in [0.29, 0.717) is 34.5 Å². The summed E-state index contributed by atoms with van der Waals surface area (Å²) in [5.41, 5.74) is 2.07. The Kier molecular flexibility index (Phi) is 10.4. The highest BCUT2D eigenvalue weighted by Crippen LogP contribution is 2.21. The Bertz CT molecular complexity index is 900. The van der Waals surface area contributed by atoms with Gasteiger partial charge in [-0.1, -0.05) is 73.7 Å². The Hall–Kier alpha value is -1.69. The van der Waals surface area contributed by atoms with Gasteiger partial charge in [-0.05, 0) is 54.7 Å². The maximum atomic E-state index is 13.3. The van der Waals surface area contributed by atoms with Crippen LogP contribution in [0.1, 0.15) is 56.6 Å². The van der Waals surface area contributed by atoms with Crippen LogP contribution in [0.3, 0.4) is 0 Å². The van der Waals surface area contributed by atoms with Crippen LogP contribution in [0.15, 0.2) is 48.5 Å². The number of hydrogen-bond donors (Lipinski definition) is 1. The number of nitrogens with one attached hydrogen (secondary N) is 1. The standard InChI is InChI=1S/C26H32Cl2N2O2S/c1-2-24(26(32)29-23-6-4-3-5-7-23)30(16-19-8-12-21(27)13-9-19)25(31)18-33-17-20-10-14-22(28)15-11-20/h8-15,23-24H,2-7,16-18H2,1H3,(H,29,32)/t24-/m0/s1. The van der Waals surface area contributed by atoms with Gasteiger partial charge >= 0.3 is 0 Å². The summed E-state index contributed by atoms with van der Waals surface area (Å²) >= 11 is 13.6. The Morgan fingerprint density at radius 1 is 0.970 bits per heavy atom. The van der Waals surface area contributed by atoms with Crippen LogP contribution in [0, 0.1) is 0 Å². The van der Waals surface area contributed by atoms with Crippen molar-refractivity contribution in [3.63, 3.8) is 0 Å². The second-order valence-electron chi connectivity index (χ2n) is 8.53. The number of amides is 2. The normalized spacial score (nSPS) is 15.1. The zero-order valence-electron chi connectivity index (χ0n) is 19.1. The molecule has 1 N–H and O–H groups in total. The van der Waals surface area contributed by atoms with E-state index in [1.54, 1.807) is 16.7 Å². The van der Waals surface area contributed by atoms with E-state index in [9.17, 15) is 9.59 Å². The maximum Gasteiger partial charge on any atom is 0.243 e. The van der Waals surface area contributed by atoms with E-state index >= 15 is 0 Å². The summed E-state index contributed by atoms with van der Waals surface area (Å²) in [4.78, 5) is 28.3. The van der Waals surface area contributed by atoms with Crippen molar-refractivity contribution >= 4 is 46.8 Å². The van der Waals surface area contributed by atoms with Crippen molar-refractivity contribution in [2.24, 2.45) is 0 Å². The van der Waals surface area contributed by atoms with Crippen LogP contribution in [0.2, 0.25) is 10.0 Å². The van der Waals surface area contributed by atoms with E-state index in [1.807, 2.05) is 55.5 Å². The lowest BCUT2D eigenvalue weighted by Crippen LogP contribution is -2.52. The highest BCUT2D eigenvalue weighted by atomic mass is 35.5. The maximum absolute atomic E-state index is 13.3. The van der Waals surface area contributed by atoms with Crippen molar-refractivity contribution in [3.8, 4) is 0 Å². The highest BCUT2D eigenvalue weighted by Gasteiger charge is 2.30. The first kappa shape index (κ1) is 25.9. The summed E-state index contributed by atoms with van der Waals surface area (Å²) in [6.07, 6.45) is 6.14. The van der Waals surface area contributed by atoms with Crippen molar-refractivity contribution < 1.29 is 9.59 Å². The lowest BCUT2D eigenvalue weighted by Gasteiger charge is -2.32. The predicted octanol–water partition coefficient (Wildman–Crippen LogP) is 6.48. The van der Waals surface area contributed by atoms with E-state index in [0.717, 1.165) is 36.8 Å². The van der Waals surface area contributed by atoms with Gasteiger partial charge in [0, 0.05) is 28.4 Å². The minimum Gasteiger partial charge on any atom is -0.352 e. The van der Waals surface area contributed by atoms with Crippen LogP contribution in [0.4, 0.5) is 0 Å². The Morgan fingerprint density at radius 2 is 1.55 bits per heavy atom. The predicted molar refractivity (Wildman–Crippen MR) is 139 cm³/mol. The molecular weight excluding hydrogens is 475 g/mol. The van der Waals surface area contributed by atoms with Gasteiger partial charge in [0.2, 0.25) is 11.8 Å². The SMILES string of the molecule is CC[C@@H](C(=O)NC1CCCCC1)N(Cc1ccc(Cl)cc1)C(=O)CSCc1ccc(Cl)cc1. The summed E-state index contributed by atoms with van der Waals surface area (Å²) in [7, 11) is 0. The minimum absolute atomic E-state index is 0.0328. The van der Waals surface area contributed by atoms with E-state index < -0.39 is 6.04 Å². The molecule has 178 valence electrons. The minimum atomic E-state index is -0.494. The van der Waals surface area contributed by atoms with Gasteiger partial charge < -0.3 is 10.2 Å². The quantitative estimate of drug-likeness (QED) is 0.400. The van der Waals surface area contributed by atoms with Gasteiger partial charge in [-0.2, -0.15) is 0 Å². The van der Waals surface area contributed by atoms with Crippen molar-refractivity contribution in [1.29, 1.82) is 0 Å². The molecule has 2 amide bonds. The van der Waals surface area contributed by atoms with E-state index in [-0.39, 0.29) is 17.9 Å². The molecule has 0 saturated heterocycles. The summed E-state index contributed by atoms with van der Waals surface area (Å²) in [5.74, 6) is 0.940. The van der Waals surface area contributed by atoms with Gasteiger partial charge in [-0.3, -0.25) is 9.59 Å². The molecule has 0 unspecified atom stereocenters. The monoisotopic (exact) mass is 506 g/mol. The molecular formula is C26H32Cl2N2O2S. The third kappa shape index (κ3) is 8.24. The first-order valence-corrected chi connectivity index (χ1v) is 13.5. The summed E-state index contributed by atoms with van der Waals surface area (Å²) in [6, 6.07) is 14.8. The van der Waals surface area contributed by atoms with Crippen LogP contribution in [0.5, 0.6) is 0 Å². The molecule has 33 heavy (non-hydrogen) atoms. The van der Waals surface area contributed by atoms with Gasteiger partial charge in [0.05, 0.1) is 5.75 Å². The summed E-state index contributed by atoms with van der Waals surface area (Å²) < 4.78 is 0. The Balaban J connectivity index is 1.68. The molecule has 0 heterocycles. The molecule has 1 atom stereocenters. The molecule has 3 rings (SSSR count). The molecule has 7 heteroatoms. The fourth-order valence-corrected chi connectivity index (χ4v) is 5.29. The third-order valence-corrected chi connectivity index (χ3v) is 7.50. The summed E-state index contributed by atoms with van der Waals surface area (Å²) in [5, 5.41) is 4.56. The number of carbonyl (C=O) groups excluding carboxylic acids is 2. The van der Waals surface area contributed by atoms with Crippen molar-refractivity contribution in [3.05, 3.63) is 69.7 Å². The zero-order chi connectivity index (χ0) is 23.6. The van der Waals surface area contributed by atoms with E-state index in [1.165, 1.54) is 6.42 Å². The number of halogens is 2. The van der Waals surface area contributed by atoms with Crippen molar-refractivity contribution in [2.75, 3.05) is 5.75 Å². The Morgan fingerprint density at radius 3 is 2.12 bits per heavy atom. The second-order valence-corrected chi connectivity index (χ2v) is 10.4. The molecule has 0 radical (unpaired) electrons. The van der Waals surface area contributed by atoms with Gasteiger partial charge in [0.1, 0.15) is 6.04 Å². The highest BCUT2D eigenvalue weighted by molar-refractivity contribution is 7.99. The molecule has 1 fully saturated rings. The average Bonchev–Trinajstić information content (AvgIpc) is 2.82.